The van der Waals surface area contributed by atoms with Crippen molar-refractivity contribution >= 4 is 5.91 Å². The van der Waals surface area contributed by atoms with Gasteiger partial charge < -0.3 is 10.6 Å². The van der Waals surface area contributed by atoms with Crippen molar-refractivity contribution in [1.29, 1.82) is 0 Å². The molecule has 0 spiro atoms. The summed E-state index contributed by atoms with van der Waals surface area (Å²) in [6.07, 6.45) is 5.78. The van der Waals surface area contributed by atoms with Crippen LogP contribution in [0.5, 0.6) is 0 Å². The summed E-state index contributed by atoms with van der Waals surface area (Å²) in [6, 6.07) is 0.432. The zero-order chi connectivity index (χ0) is 11.6. The second-order valence-electron chi connectivity index (χ2n) is 6.14. The fourth-order valence-electron chi connectivity index (χ4n) is 2.74. The minimum absolute atomic E-state index is 0.218. The molecule has 1 heterocycles. The van der Waals surface area contributed by atoms with Gasteiger partial charge in [0.1, 0.15) is 0 Å². The van der Waals surface area contributed by atoms with Crippen LogP contribution >= 0.6 is 0 Å². The van der Waals surface area contributed by atoms with Crippen LogP contribution in [0, 0.1) is 11.3 Å². The van der Waals surface area contributed by atoms with Gasteiger partial charge in [0.05, 0.1) is 5.92 Å². The molecule has 0 aromatic heterocycles. The van der Waals surface area contributed by atoms with E-state index in [-0.39, 0.29) is 11.8 Å². The van der Waals surface area contributed by atoms with Crippen molar-refractivity contribution in [2.45, 2.75) is 52.0 Å². The van der Waals surface area contributed by atoms with E-state index in [1.807, 2.05) is 0 Å². The summed E-state index contributed by atoms with van der Waals surface area (Å²) in [7, 11) is 0. The molecule has 1 amide bonds. The first-order chi connectivity index (χ1) is 7.57. The second kappa shape index (κ2) is 4.74. The lowest BCUT2D eigenvalue weighted by Gasteiger charge is -2.35. The highest BCUT2D eigenvalue weighted by molar-refractivity contribution is 5.79. The Morgan fingerprint density at radius 1 is 1.25 bits per heavy atom. The molecule has 1 aliphatic heterocycles. The van der Waals surface area contributed by atoms with E-state index in [1.165, 1.54) is 12.8 Å². The van der Waals surface area contributed by atoms with Crippen LogP contribution in [0.25, 0.3) is 0 Å². The zero-order valence-corrected chi connectivity index (χ0v) is 10.5. The topological polar surface area (TPSA) is 41.1 Å². The van der Waals surface area contributed by atoms with Gasteiger partial charge in [-0.1, -0.05) is 13.8 Å². The Morgan fingerprint density at radius 2 is 1.94 bits per heavy atom. The van der Waals surface area contributed by atoms with E-state index in [2.05, 4.69) is 24.5 Å². The Kier molecular flexibility index (Phi) is 3.53. The maximum atomic E-state index is 11.9. The molecule has 0 aromatic carbocycles. The van der Waals surface area contributed by atoms with Crippen molar-refractivity contribution in [3.05, 3.63) is 0 Å². The minimum atomic E-state index is 0.218. The molecule has 0 radical (unpaired) electrons. The standard InChI is InChI=1S/C13H24N2O/c1-13(2)6-3-11(4-7-13)15-12(16)10-5-8-14-9-10/h10-11,14H,3-9H2,1-2H3,(H,15,16). The molecule has 2 aliphatic rings. The third kappa shape index (κ3) is 2.97. The number of hydrogen-bond acceptors (Lipinski definition) is 2. The van der Waals surface area contributed by atoms with E-state index in [9.17, 15) is 4.79 Å². The van der Waals surface area contributed by atoms with E-state index in [0.29, 0.717) is 11.5 Å². The van der Waals surface area contributed by atoms with Crippen molar-refractivity contribution < 1.29 is 4.79 Å². The fourth-order valence-corrected chi connectivity index (χ4v) is 2.74. The number of rotatable bonds is 2. The quantitative estimate of drug-likeness (QED) is 0.749. The van der Waals surface area contributed by atoms with Gasteiger partial charge in [0.25, 0.3) is 0 Å². The zero-order valence-electron chi connectivity index (χ0n) is 10.5. The Hall–Kier alpha value is -0.570. The normalized spacial score (nSPS) is 30.2. The largest absolute Gasteiger partial charge is 0.353 e. The van der Waals surface area contributed by atoms with Crippen LogP contribution in [0.4, 0.5) is 0 Å². The number of nitrogens with one attached hydrogen (secondary N) is 2. The van der Waals surface area contributed by atoms with Crippen molar-refractivity contribution in [2.24, 2.45) is 11.3 Å². The summed E-state index contributed by atoms with van der Waals surface area (Å²) in [5.41, 5.74) is 0.482. The average Bonchev–Trinajstić information content (AvgIpc) is 2.74. The van der Waals surface area contributed by atoms with Crippen LogP contribution in [0.1, 0.15) is 46.0 Å². The lowest BCUT2D eigenvalue weighted by Crippen LogP contribution is -2.42. The lowest BCUT2D eigenvalue weighted by atomic mass is 9.75. The van der Waals surface area contributed by atoms with E-state index >= 15 is 0 Å². The van der Waals surface area contributed by atoms with Crippen LogP contribution in [-0.4, -0.2) is 25.0 Å². The number of amides is 1. The third-order valence-electron chi connectivity index (χ3n) is 4.12. The van der Waals surface area contributed by atoms with Gasteiger partial charge in [0.15, 0.2) is 0 Å². The molecular formula is C13H24N2O. The molecule has 1 unspecified atom stereocenters. The molecule has 1 aliphatic carbocycles. The summed E-state index contributed by atoms with van der Waals surface area (Å²) < 4.78 is 0. The molecule has 0 bridgehead atoms. The van der Waals surface area contributed by atoms with Crippen LogP contribution in [0.2, 0.25) is 0 Å². The molecule has 2 rings (SSSR count). The molecular weight excluding hydrogens is 200 g/mol. The fraction of sp³-hybridized carbons (Fsp3) is 0.923. The third-order valence-corrected chi connectivity index (χ3v) is 4.12. The number of hydrogen-bond donors (Lipinski definition) is 2. The van der Waals surface area contributed by atoms with Crippen molar-refractivity contribution in [3.63, 3.8) is 0 Å². The molecule has 2 fully saturated rings. The molecule has 2 N–H and O–H groups in total. The van der Waals surface area contributed by atoms with E-state index in [4.69, 9.17) is 0 Å². The highest BCUT2D eigenvalue weighted by atomic mass is 16.2. The van der Waals surface area contributed by atoms with Crippen molar-refractivity contribution in [3.8, 4) is 0 Å². The first-order valence-electron chi connectivity index (χ1n) is 6.58. The van der Waals surface area contributed by atoms with Gasteiger partial charge in [-0.3, -0.25) is 4.79 Å². The van der Waals surface area contributed by atoms with Gasteiger partial charge in [0, 0.05) is 12.6 Å². The molecule has 1 saturated heterocycles. The Morgan fingerprint density at radius 3 is 2.50 bits per heavy atom. The van der Waals surface area contributed by atoms with Crippen LogP contribution < -0.4 is 10.6 Å². The number of carbonyl (C=O) groups is 1. The van der Waals surface area contributed by atoms with Gasteiger partial charge >= 0.3 is 0 Å². The first kappa shape index (κ1) is 11.9. The molecule has 16 heavy (non-hydrogen) atoms. The van der Waals surface area contributed by atoms with Gasteiger partial charge in [-0.25, -0.2) is 0 Å². The Labute approximate surface area is 98.4 Å². The van der Waals surface area contributed by atoms with E-state index < -0.39 is 0 Å². The minimum Gasteiger partial charge on any atom is -0.353 e. The summed E-state index contributed by atoms with van der Waals surface area (Å²) in [4.78, 5) is 11.9. The Balaban J connectivity index is 1.76. The van der Waals surface area contributed by atoms with Crippen LogP contribution in [0.15, 0.2) is 0 Å². The monoisotopic (exact) mass is 224 g/mol. The smallest absolute Gasteiger partial charge is 0.224 e. The Bertz CT molecular complexity index is 247. The summed E-state index contributed by atoms with van der Waals surface area (Å²) in [5.74, 6) is 0.490. The molecule has 92 valence electrons. The van der Waals surface area contributed by atoms with Gasteiger partial charge in [-0.2, -0.15) is 0 Å². The maximum Gasteiger partial charge on any atom is 0.224 e. The molecule has 1 saturated carbocycles. The molecule has 1 atom stereocenters. The summed E-state index contributed by atoms with van der Waals surface area (Å²) >= 11 is 0. The van der Waals surface area contributed by atoms with Gasteiger partial charge in [0.2, 0.25) is 5.91 Å². The van der Waals surface area contributed by atoms with Crippen molar-refractivity contribution in [1.82, 2.24) is 10.6 Å². The van der Waals surface area contributed by atoms with Crippen LogP contribution in [-0.2, 0) is 4.79 Å². The van der Waals surface area contributed by atoms with Crippen LogP contribution in [0.3, 0.4) is 0 Å². The molecule has 3 nitrogen and oxygen atoms in total. The van der Waals surface area contributed by atoms with Crippen molar-refractivity contribution in [2.75, 3.05) is 13.1 Å². The predicted molar refractivity (Wildman–Crippen MR) is 65.2 cm³/mol. The van der Waals surface area contributed by atoms with E-state index in [0.717, 1.165) is 32.4 Å². The molecule has 0 aromatic rings. The molecule has 3 heteroatoms. The second-order valence-corrected chi connectivity index (χ2v) is 6.14. The average molecular weight is 224 g/mol. The van der Waals surface area contributed by atoms with E-state index in [1.54, 1.807) is 0 Å². The highest BCUT2D eigenvalue weighted by Gasteiger charge is 2.29. The van der Waals surface area contributed by atoms with Gasteiger partial charge in [-0.15, -0.1) is 0 Å². The maximum absolute atomic E-state index is 11.9. The number of carbonyl (C=O) groups excluding carboxylic acids is 1. The highest BCUT2D eigenvalue weighted by Crippen LogP contribution is 2.35. The summed E-state index contributed by atoms with van der Waals surface area (Å²) in [5, 5.41) is 6.46. The lowest BCUT2D eigenvalue weighted by molar-refractivity contribution is -0.125. The summed E-state index contributed by atoms with van der Waals surface area (Å²) in [6.45, 7) is 6.51. The first-order valence-corrected chi connectivity index (χ1v) is 6.58. The van der Waals surface area contributed by atoms with Gasteiger partial charge in [-0.05, 0) is 44.1 Å². The SMILES string of the molecule is CC1(C)CCC(NC(=O)C2CCNC2)CC1. The predicted octanol–water partition coefficient (Wildman–Crippen LogP) is 1.68.